The second-order valence-corrected chi connectivity index (χ2v) is 4.33. The maximum Gasteiger partial charge on any atom is 0.316 e. The number of ether oxygens (including phenoxy) is 1. The molecule has 0 aromatic heterocycles. The molecule has 3 nitrogen and oxygen atoms in total. The summed E-state index contributed by atoms with van der Waals surface area (Å²) in [6.07, 6.45) is 0. The van der Waals surface area contributed by atoms with Gasteiger partial charge in [-0.05, 0) is 20.8 Å². The van der Waals surface area contributed by atoms with Crippen molar-refractivity contribution >= 4 is 34.3 Å². The summed E-state index contributed by atoms with van der Waals surface area (Å²) in [6, 6.07) is 0.308. The van der Waals surface area contributed by atoms with Crippen molar-refractivity contribution in [3.8, 4) is 0 Å². The molecular weight excluding hydrogens is 206 g/mol. The molecule has 1 N–H and O–H groups in total. The Morgan fingerprint density at radius 2 is 2.23 bits per heavy atom. The number of nitrogens with one attached hydrogen (secondary N) is 1. The Hall–Kier alpha value is -0.290. The van der Waals surface area contributed by atoms with Crippen molar-refractivity contribution in [3.63, 3.8) is 0 Å². The first kappa shape index (κ1) is 12.7. The lowest BCUT2D eigenvalue weighted by molar-refractivity contribution is -0.139. The lowest BCUT2D eigenvalue weighted by atomic mass is 10.4. The summed E-state index contributed by atoms with van der Waals surface area (Å²) >= 11 is 6.28. The third-order valence-corrected chi connectivity index (χ3v) is 2.26. The molecule has 0 radical (unpaired) electrons. The van der Waals surface area contributed by atoms with Gasteiger partial charge in [0.05, 0.1) is 12.4 Å². The molecular formula is C8H15NO2S2. The van der Waals surface area contributed by atoms with E-state index in [2.05, 4.69) is 5.32 Å². The standard InChI is InChI=1S/C8H15NO2S2/c1-4-11-7(10)5-13-8(12)9-6(2)3/h6H,4-5H2,1-3H3,(H,9,12). The van der Waals surface area contributed by atoms with E-state index in [-0.39, 0.29) is 11.7 Å². The number of thioether (sulfide) groups is 1. The fourth-order valence-electron chi connectivity index (χ4n) is 0.604. The van der Waals surface area contributed by atoms with Crippen molar-refractivity contribution in [1.29, 1.82) is 0 Å². The van der Waals surface area contributed by atoms with E-state index in [1.54, 1.807) is 6.92 Å². The molecule has 13 heavy (non-hydrogen) atoms. The zero-order valence-corrected chi connectivity index (χ0v) is 9.76. The van der Waals surface area contributed by atoms with E-state index in [1.807, 2.05) is 13.8 Å². The molecule has 0 rings (SSSR count). The molecule has 0 aliphatic heterocycles. The number of thiocarbonyl (C=S) groups is 1. The van der Waals surface area contributed by atoms with Crippen LogP contribution in [0.2, 0.25) is 0 Å². The van der Waals surface area contributed by atoms with E-state index in [1.165, 1.54) is 11.8 Å². The number of esters is 1. The smallest absolute Gasteiger partial charge is 0.316 e. The minimum Gasteiger partial charge on any atom is -0.465 e. The van der Waals surface area contributed by atoms with E-state index in [9.17, 15) is 4.79 Å². The third kappa shape index (κ3) is 8.05. The number of rotatable bonds is 4. The second kappa shape index (κ2) is 7.15. The maximum absolute atomic E-state index is 10.9. The van der Waals surface area contributed by atoms with Gasteiger partial charge in [-0.25, -0.2) is 0 Å². The predicted molar refractivity (Wildman–Crippen MR) is 60.0 cm³/mol. The summed E-state index contributed by atoms with van der Waals surface area (Å²) in [4.78, 5) is 10.9. The molecule has 0 aliphatic rings. The van der Waals surface area contributed by atoms with Crippen LogP contribution in [-0.2, 0) is 9.53 Å². The van der Waals surface area contributed by atoms with Gasteiger partial charge >= 0.3 is 5.97 Å². The Kier molecular flexibility index (Phi) is 6.99. The van der Waals surface area contributed by atoms with Crippen molar-refractivity contribution < 1.29 is 9.53 Å². The van der Waals surface area contributed by atoms with Gasteiger partial charge in [-0.3, -0.25) is 4.79 Å². The quantitative estimate of drug-likeness (QED) is 0.576. The first-order chi connectivity index (χ1) is 6.06. The zero-order valence-electron chi connectivity index (χ0n) is 8.12. The molecule has 0 saturated carbocycles. The Labute approximate surface area is 88.6 Å². The first-order valence-corrected chi connectivity index (χ1v) is 5.54. The minimum atomic E-state index is -0.222. The molecule has 5 heteroatoms. The van der Waals surface area contributed by atoms with Gasteiger partial charge in [-0.15, -0.1) is 0 Å². The Balaban J connectivity index is 3.52. The van der Waals surface area contributed by atoms with E-state index in [0.29, 0.717) is 17.0 Å². The maximum atomic E-state index is 10.9. The van der Waals surface area contributed by atoms with Gasteiger partial charge in [0, 0.05) is 6.04 Å². The highest BCUT2D eigenvalue weighted by molar-refractivity contribution is 8.23. The number of carbonyl (C=O) groups excluding carboxylic acids is 1. The van der Waals surface area contributed by atoms with Crippen LogP contribution in [0.15, 0.2) is 0 Å². The van der Waals surface area contributed by atoms with Crippen LogP contribution < -0.4 is 5.32 Å². The Morgan fingerprint density at radius 3 is 2.69 bits per heavy atom. The first-order valence-electron chi connectivity index (χ1n) is 4.15. The van der Waals surface area contributed by atoms with Gasteiger partial charge in [0.2, 0.25) is 0 Å². The predicted octanol–water partition coefficient (Wildman–Crippen LogP) is 1.57. The lowest BCUT2D eigenvalue weighted by Gasteiger charge is -2.09. The molecule has 76 valence electrons. The van der Waals surface area contributed by atoms with Gasteiger partial charge in [-0.2, -0.15) is 0 Å². The molecule has 0 atom stereocenters. The summed E-state index contributed by atoms with van der Waals surface area (Å²) in [7, 11) is 0. The van der Waals surface area contributed by atoms with Crippen LogP contribution in [0.1, 0.15) is 20.8 Å². The van der Waals surface area contributed by atoms with E-state index in [4.69, 9.17) is 17.0 Å². The van der Waals surface area contributed by atoms with Crippen molar-refractivity contribution in [1.82, 2.24) is 5.32 Å². The van der Waals surface area contributed by atoms with Crippen molar-refractivity contribution in [3.05, 3.63) is 0 Å². The fourth-order valence-corrected chi connectivity index (χ4v) is 1.67. The van der Waals surface area contributed by atoms with Crippen LogP contribution in [-0.4, -0.2) is 28.7 Å². The molecule has 0 bridgehead atoms. The van der Waals surface area contributed by atoms with Crippen molar-refractivity contribution in [2.45, 2.75) is 26.8 Å². The molecule has 0 heterocycles. The molecule has 0 aliphatic carbocycles. The normalized spacial score (nSPS) is 9.85. The van der Waals surface area contributed by atoms with Gasteiger partial charge in [0.25, 0.3) is 0 Å². The van der Waals surface area contributed by atoms with Crippen LogP contribution in [0.4, 0.5) is 0 Å². The number of hydrogen-bond acceptors (Lipinski definition) is 4. The number of hydrogen-bond donors (Lipinski definition) is 1. The second-order valence-electron chi connectivity index (χ2n) is 2.68. The van der Waals surface area contributed by atoms with E-state index >= 15 is 0 Å². The average molecular weight is 221 g/mol. The highest BCUT2D eigenvalue weighted by atomic mass is 32.2. The number of carbonyl (C=O) groups is 1. The van der Waals surface area contributed by atoms with Crippen LogP contribution in [0, 0.1) is 0 Å². The van der Waals surface area contributed by atoms with Gasteiger partial charge < -0.3 is 10.1 Å². The topological polar surface area (TPSA) is 38.3 Å². The summed E-state index contributed by atoms with van der Waals surface area (Å²) < 4.78 is 5.39. The molecule has 0 aromatic carbocycles. The van der Waals surface area contributed by atoms with Gasteiger partial charge in [0.1, 0.15) is 4.32 Å². The zero-order chi connectivity index (χ0) is 10.3. The summed E-state index contributed by atoms with van der Waals surface area (Å²) in [6.45, 7) is 6.20. The SMILES string of the molecule is CCOC(=O)CSC(=S)NC(C)C. The molecule has 0 amide bonds. The van der Waals surface area contributed by atoms with Crippen LogP contribution in [0.3, 0.4) is 0 Å². The van der Waals surface area contributed by atoms with Gasteiger partial charge in [-0.1, -0.05) is 24.0 Å². The fraction of sp³-hybridized carbons (Fsp3) is 0.750. The molecule has 0 fully saturated rings. The Bertz CT molecular complexity index is 183. The lowest BCUT2D eigenvalue weighted by Crippen LogP contribution is -2.27. The van der Waals surface area contributed by atoms with Crippen LogP contribution >= 0.6 is 24.0 Å². The molecule has 0 spiro atoms. The van der Waals surface area contributed by atoms with E-state index < -0.39 is 0 Å². The Morgan fingerprint density at radius 1 is 1.62 bits per heavy atom. The minimum absolute atomic E-state index is 0.222. The highest BCUT2D eigenvalue weighted by Gasteiger charge is 2.05. The molecule has 0 saturated heterocycles. The van der Waals surface area contributed by atoms with Crippen LogP contribution in [0.5, 0.6) is 0 Å². The molecule has 0 aromatic rings. The summed E-state index contributed by atoms with van der Waals surface area (Å²) in [5.74, 6) is 0.0623. The average Bonchev–Trinajstić information content (AvgIpc) is 2.00. The monoisotopic (exact) mass is 221 g/mol. The van der Waals surface area contributed by atoms with Crippen molar-refractivity contribution in [2.24, 2.45) is 0 Å². The molecule has 0 unspecified atom stereocenters. The largest absolute Gasteiger partial charge is 0.465 e. The summed E-state index contributed by atoms with van der Waals surface area (Å²) in [5.41, 5.74) is 0. The highest BCUT2D eigenvalue weighted by Crippen LogP contribution is 2.03. The summed E-state index contributed by atoms with van der Waals surface area (Å²) in [5, 5.41) is 3.03. The van der Waals surface area contributed by atoms with E-state index in [0.717, 1.165) is 0 Å². The van der Waals surface area contributed by atoms with Gasteiger partial charge in [0.15, 0.2) is 0 Å². The third-order valence-electron chi connectivity index (χ3n) is 1.03. The van der Waals surface area contributed by atoms with Crippen molar-refractivity contribution in [2.75, 3.05) is 12.4 Å². The van der Waals surface area contributed by atoms with Crippen LogP contribution in [0.25, 0.3) is 0 Å².